The second kappa shape index (κ2) is 10.4. The number of carbonyl (C=O) groups excluding carboxylic acids is 1. The van der Waals surface area contributed by atoms with Crippen LogP contribution in [0, 0.1) is 20.8 Å². The van der Waals surface area contributed by atoms with Gasteiger partial charge in [0.05, 0.1) is 0 Å². The van der Waals surface area contributed by atoms with Crippen LogP contribution >= 0.6 is 15.9 Å². The van der Waals surface area contributed by atoms with Crippen LogP contribution in [-0.2, 0) is 6.54 Å². The van der Waals surface area contributed by atoms with Crippen molar-refractivity contribution < 1.29 is 4.79 Å². The molecule has 2 N–H and O–H groups in total. The van der Waals surface area contributed by atoms with Gasteiger partial charge in [-0.25, -0.2) is 0 Å². The zero-order valence-corrected chi connectivity index (χ0v) is 22.5. The minimum atomic E-state index is -0.171. The molecule has 0 radical (unpaired) electrons. The minimum Gasteiger partial charge on any atom is -0.368 e. The van der Waals surface area contributed by atoms with Gasteiger partial charge < -0.3 is 20.1 Å². The van der Waals surface area contributed by atoms with Gasteiger partial charge >= 0.3 is 0 Å². The molecule has 1 amide bonds. The van der Waals surface area contributed by atoms with Crippen LogP contribution in [0.15, 0.2) is 27.5 Å². The molecular weight excluding hydrogens is 480 g/mol. The van der Waals surface area contributed by atoms with Gasteiger partial charge in [-0.15, -0.1) is 0 Å². The molecule has 6 nitrogen and oxygen atoms in total. The van der Waals surface area contributed by atoms with Crippen molar-refractivity contribution in [1.82, 2.24) is 15.2 Å². The highest BCUT2D eigenvalue weighted by Gasteiger charge is 2.32. The first-order valence-corrected chi connectivity index (χ1v) is 12.6. The maximum absolute atomic E-state index is 13.2. The van der Waals surface area contributed by atoms with Gasteiger partial charge in [-0.3, -0.25) is 9.59 Å². The topological polar surface area (TPSA) is 68.4 Å². The number of benzene rings is 1. The molecule has 33 heavy (non-hydrogen) atoms. The number of aromatic nitrogens is 1. The molecule has 0 saturated carbocycles. The van der Waals surface area contributed by atoms with Crippen molar-refractivity contribution in [1.29, 1.82) is 0 Å². The van der Waals surface area contributed by atoms with Crippen LogP contribution in [0.5, 0.6) is 0 Å². The number of nitrogens with zero attached hydrogens (tertiary/aromatic N) is 2. The Morgan fingerprint density at radius 1 is 1.18 bits per heavy atom. The lowest BCUT2D eigenvalue weighted by atomic mass is 9.91. The zero-order chi connectivity index (χ0) is 24.4. The van der Waals surface area contributed by atoms with Crippen molar-refractivity contribution >= 4 is 27.5 Å². The summed E-state index contributed by atoms with van der Waals surface area (Å²) in [6, 6.07) is 7.37. The molecule has 0 aliphatic carbocycles. The monoisotopic (exact) mass is 516 g/mol. The van der Waals surface area contributed by atoms with Crippen molar-refractivity contribution in [3.05, 3.63) is 61.0 Å². The third-order valence-electron chi connectivity index (χ3n) is 7.22. The largest absolute Gasteiger partial charge is 0.368 e. The fourth-order valence-electron chi connectivity index (χ4n) is 5.09. The Bertz CT molecular complexity index is 1070. The highest BCUT2D eigenvalue weighted by Crippen LogP contribution is 2.34. The van der Waals surface area contributed by atoms with E-state index in [0.29, 0.717) is 29.3 Å². The van der Waals surface area contributed by atoms with E-state index in [1.165, 1.54) is 0 Å². The standard InChI is InChI=1S/C26H37BrN4O2/c1-8-31(21-10-17(4)30(7)18(5)11-21)24-13-20(27)12-22(19(24)6)25(32)28-14-23-15(2)9-16(3)29-26(23)33/h9,12-13,17-18,21H,8,10-11,14H2,1-7H3,(H,28,32)(H,29,33). The molecule has 1 aliphatic heterocycles. The Kier molecular flexibility index (Phi) is 8.06. The second-order valence-corrected chi connectivity index (χ2v) is 10.4. The first-order chi connectivity index (χ1) is 15.5. The predicted molar refractivity (Wildman–Crippen MR) is 139 cm³/mol. The van der Waals surface area contributed by atoms with Gasteiger partial charge in [-0.1, -0.05) is 15.9 Å². The number of aryl methyl sites for hydroxylation is 2. The van der Waals surface area contributed by atoms with E-state index in [1.807, 2.05) is 32.9 Å². The van der Waals surface area contributed by atoms with E-state index in [9.17, 15) is 9.59 Å². The Morgan fingerprint density at radius 2 is 1.82 bits per heavy atom. The number of carbonyl (C=O) groups is 1. The van der Waals surface area contributed by atoms with Crippen LogP contribution in [0.2, 0.25) is 0 Å². The molecule has 7 heteroatoms. The van der Waals surface area contributed by atoms with Crippen LogP contribution in [-0.4, -0.2) is 47.5 Å². The number of likely N-dealkylation sites (tertiary alicyclic amines) is 1. The van der Waals surface area contributed by atoms with Crippen LogP contribution < -0.4 is 15.8 Å². The third kappa shape index (κ3) is 5.52. The van der Waals surface area contributed by atoms with E-state index in [1.54, 1.807) is 0 Å². The number of hydrogen-bond acceptors (Lipinski definition) is 4. The third-order valence-corrected chi connectivity index (χ3v) is 7.67. The molecule has 1 aromatic carbocycles. The van der Waals surface area contributed by atoms with E-state index in [2.05, 4.69) is 69.9 Å². The molecule has 0 spiro atoms. The van der Waals surface area contributed by atoms with E-state index in [4.69, 9.17) is 0 Å². The fraction of sp³-hybridized carbons (Fsp3) is 0.538. The van der Waals surface area contributed by atoms with E-state index < -0.39 is 0 Å². The summed E-state index contributed by atoms with van der Waals surface area (Å²) < 4.78 is 0.880. The number of rotatable bonds is 6. The highest BCUT2D eigenvalue weighted by molar-refractivity contribution is 9.10. The summed E-state index contributed by atoms with van der Waals surface area (Å²) in [4.78, 5) is 33.3. The van der Waals surface area contributed by atoms with Gasteiger partial charge in [0.2, 0.25) is 0 Å². The van der Waals surface area contributed by atoms with E-state index in [0.717, 1.165) is 46.4 Å². The molecule has 0 bridgehead atoms. The Morgan fingerprint density at radius 3 is 2.39 bits per heavy atom. The molecule has 2 heterocycles. The molecule has 180 valence electrons. The highest BCUT2D eigenvalue weighted by atomic mass is 79.9. The van der Waals surface area contributed by atoms with Crippen LogP contribution in [0.3, 0.4) is 0 Å². The lowest BCUT2D eigenvalue weighted by Gasteiger charge is -2.45. The number of nitrogens with one attached hydrogen (secondary N) is 2. The Hall–Kier alpha value is -2.12. The zero-order valence-electron chi connectivity index (χ0n) is 20.9. The van der Waals surface area contributed by atoms with Crippen molar-refractivity contribution in [3.63, 3.8) is 0 Å². The number of amides is 1. The number of aromatic amines is 1. The summed E-state index contributed by atoms with van der Waals surface area (Å²) in [6.07, 6.45) is 2.19. The number of halogens is 1. The van der Waals surface area contributed by atoms with Crippen molar-refractivity contribution in [2.24, 2.45) is 0 Å². The minimum absolute atomic E-state index is 0.151. The first kappa shape index (κ1) is 25.5. The van der Waals surface area contributed by atoms with Crippen molar-refractivity contribution in [3.8, 4) is 0 Å². The van der Waals surface area contributed by atoms with Gasteiger partial charge in [-0.05, 0) is 90.8 Å². The number of anilines is 1. The van der Waals surface area contributed by atoms with Crippen LogP contribution in [0.25, 0.3) is 0 Å². The molecule has 2 aromatic rings. The lowest BCUT2D eigenvalue weighted by molar-refractivity contribution is 0.0950. The summed E-state index contributed by atoms with van der Waals surface area (Å²) in [5.41, 5.74) is 4.83. The molecule has 2 unspecified atom stereocenters. The SMILES string of the molecule is CCN(c1cc(Br)cc(C(=O)NCc2c(C)cc(C)[nH]c2=O)c1C)C1CC(C)N(C)C(C)C1. The Balaban J connectivity index is 1.87. The maximum atomic E-state index is 13.2. The van der Waals surface area contributed by atoms with Crippen molar-refractivity contribution in [2.75, 3.05) is 18.5 Å². The number of pyridine rings is 1. The van der Waals surface area contributed by atoms with Crippen LogP contribution in [0.4, 0.5) is 5.69 Å². The summed E-state index contributed by atoms with van der Waals surface area (Å²) >= 11 is 3.63. The van der Waals surface area contributed by atoms with Gasteiger partial charge in [0.1, 0.15) is 0 Å². The lowest BCUT2D eigenvalue weighted by Crippen LogP contribution is -2.51. The molecule has 2 atom stereocenters. The smallest absolute Gasteiger partial charge is 0.253 e. The average Bonchev–Trinajstić information content (AvgIpc) is 2.73. The molecule has 3 rings (SSSR count). The maximum Gasteiger partial charge on any atom is 0.253 e. The number of piperidine rings is 1. The number of hydrogen-bond donors (Lipinski definition) is 2. The molecule has 1 aromatic heterocycles. The second-order valence-electron chi connectivity index (χ2n) is 9.50. The summed E-state index contributed by atoms with van der Waals surface area (Å²) in [6.45, 7) is 13.6. The quantitative estimate of drug-likeness (QED) is 0.584. The van der Waals surface area contributed by atoms with E-state index in [-0.39, 0.29) is 18.0 Å². The van der Waals surface area contributed by atoms with Gasteiger partial charge in [0, 0.05) is 58.2 Å². The van der Waals surface area contributed by atoms with Gasteiger partial charge in [0.15, 0.2) is 0 Å². The van der Waals surface area contributed by atoms with Gasteiger partial charge in [-0.2, -0.15) is 0 Å². The van der Waals surface area contributed by atoms with Crippen LogP contribution in [0.1, 0.15) is 66.4 Å². The summed E-state index contributed by atoms with van der Waals surface area (Å²) in [5, 5.41) is 2.96. The molecule has 1 saturated heterocycles. The normalized spacial score (nSPS) is 21.2. The summed E-state index contributed by atoms with van der Waals surface area (Å²) in [7, 11) is 2.20. The molecule has 1 fully saturated rings. The Labute approximate surface area is 205 Å². The van der Waals surface area contributed by atoms with Crippen molar-refractivity contribution in [2.45, 2.75) is 79.1 Å². The fourth-order valence-corrected chi connectivity index (χ4v) is 5.54. The first-order valence-electron chi connectivity index (χ1n) is 11.8. The van der Waals surface area contributed by atoms with Gasteiger partial charge in [0.25, 0.3) is 11.5 Å². The number of H-pyrrole nitrogens is 1. The van der Waals surface area contributed by atoms with E-state index >= 15 is 0 Å². The average molecular weight is 518 g/mol. The molecule has 1 aliphatic rings. The molecular formula is C26H37BrN4O2. The summed E-state index contributed by atoms with van der Waals surface area (Å²) in [5.74, 6) is -0.171. The predicted octanol–water partition coefficient (Wildman–Crippen LogP) is 4.69.